The summed E-state index contributed by atoms with van der Waals surface area (Å²) in [6.45, 7) is 2.11. The Kier molecular flexibility index (Phi) is 3.42. The van der Waals surface area contributed by atoms with Crippen molar-refractivity contribution in [2.45, 2.75) is 19.8 Å². The first-order chi connectivity index (χ1) is 8.13. The van der Waals surface area contributed by atoms with Crippen molar-refractivity contribution >= 4 is 21.7 Å². The lowest BCUT2D eigenvalue weighted by atomic mass is 10.2. The molecule has 0 atom stereocenters. The highest BCUT2D eigenvalue weighted by Crippen LogP contribution is 2.25. The number of aryl methyl sites for hydroxylation is 2. The van der Waals surface area contributed by atoms with E-state index in [1.54, 1.807) is 10.9 Å². The lowest BCUT2D eigenvalue weighted by molar-refractivity contribution is 0.767. The molecule has 0 fully saturated rings. The van der Waals surface area contributed by atoms with Gasteiger partial charge >= 0.3 is 0 Å². The van der Waals surface area contributed by atoms with Crippen molar-refractivity contribution in [3.05, 3.63) is 22.4 Å². The van der Waals surface area contributed by atoms with E-state index >= 15 is 0 Å². The Labute approximate surface area is 108 Å². The number of rotatable bonds is 3. The maximum atomic E-state index is 5.88. The Morgan fingerprint density at radius 1 is 1.41 bits per heavy atom. The number of halogens is 1. The molecule has 0 aliphatic carbocycles. The van der Waals surface area contributed by atoms with Crippen LogP contribution in [0.25, 0.3) is 11.5 Å². The number of nitrogen functional groups attached to an aromatic ring is 1. The van der Waals surface area contributed by atoms with Crippen LogP contribution < -0.4 is 5.73 Å². The molecule has 0 saturated heterocycles. The molecule has 2 aromatic rings. The van der Waals surface area contributed by atoms with E-state index in [0.29, 0.717) is 11.6 Å². The van der Waals surface area contributed by atoms with Gasteiger partial charge in [-0.05, 0) is 28.4 Å². The molecular weight excluding hydrogens is 282 g/mol. The molecule has 0 aromatic carbocycles. The van der Waals surface area contributed by atoms with Crippen LogP contribution in [0.15, 0.2) is 16.7 Å². The number of hydrogen-bond donors (Lipinski definition) is 1. The van der Waals surface area contributed by atoms with Gasteiger partial charge in [-0.25, -0.2) is 9.97 Å². The third kappa shape index (κ3) is 2.31. The summed E-state index contributed by atoms with van der Waals surface area (Å²) < 4.78 is 2.53. The molecular formula is C11H14BrN5. The quantitative estimate of drug-likeness (QED) is 0.942. The number of hydrogen-bond acceptors (Lipinski definition) is 4. The van der Waals surface area contributed by atoms with Crippen molar-refractivity contribution in [1.82, 2.24) is 19.7 Å². The van der Waals surface area contributed by atoms with Gasteiger partial charge in [-0.15, -0.1) is 0 Å². The minimum atomic E-state index is 0.472. The van der Waals surface area contributed by atoms with Gasteiger partial charge in [0, 0.05) is 13.2 Å². The molecule has 2 rings (SSSR count). The second kappa shape index (κ2) is 4.83. The topological polar surface area (TPSA) is 69.6 Å². The zero-order valence-corrected chi connectivity index (χ0v) is 11.4. The lowest BCUT2D eigenvalue weighted by Gasteiger charge is -2.08. The SMILES string of the molecule is CCCc1nc(-c2ccnn2C)nc(N)c1Br. The predicted molar refractivity (Wildman–Crippen MR) is 70.3 cm³/mol. The van der Waals surface area contributed by atoms with E-state index in [1.165, 1.54) is 0 Å². The Balaban J connectivity index is 2.53. The first-order valence-electron chi connectivity index (χ1n) is 5.43. The van der Waals surface area contributed by atoms with Gasteiger partial charge in [0.2, 0.25) is 0 Å². The van der Waals surface area contributed by atoms with Crippen molar-refractivity contribution < 1.29 is 0 Å². The molecule has 0 radical (unpaired) electrons. The van der Waals surface area contributed by atoms with E-state index in [1.807, 2.05) is 13.1 Å². The smallest absolute Gasteiger partial charge is 0.180 e. The molecule has 2 N–H and O–H groups in total. The Morgan fingerprint density at radius 3 is 2.76 bits per heavy atom. The zero-order valence-electron chi connectivity index (χ0n) is 9.81. The van der Waals surface area contributed by atoms with E-state index in [0.717, 1.165) is 28.7 Å². The van der Waals surface area contributed by atoms with Crippen LogP contribution in [0.2, 0.25) is 0 Å². The van der Waals surface area contributed by atoms with E-state index in [9.17, 15) is 0 Å². The largest absolute Gasteiger partial charge is 0.383 e. The van der Waals surface area contributed by atoms with Gasteiger partial charge in [-0.3, -0.25) is 4.68 Å². The highest BCUT2D eigenvalue weighted by Gasteiger charge is 2.12. The second-order valence-corrected chi connectivity index (χ2v) is 4.58. The number of nitrogens with zero attached hydrogens (tertiary/aromatic N) is 4. The van der Waals surface area contributed by atoms with Crippen molar-refractivity contribution in [1.29, 1.82) is 0 Å². The van der Waals surface area contributed by atoms with Crippen molar-refractivity contribution in [2.75, 3.05) is 5.73 Å². The second-order valence-electron chi connectivity index (χ2n) is 3.78. The van der Waals surface area contributed by atoms with Crippen molar-refractivity contribution in [2.24, 2.45) is 7.05 Å². The number of anilines is 1. The highest BCUT2D eigenvalue weighted by molar-refractivity contribution is 9.10. The fourth-order valence-electron chi connectivity index (χ4n) is 1.62. The van der Waals surface area contributed by atoms with Crippen LogP contribution >= 0.6 is 15.9 Å². The minimum Gasteiger partial charge on any atom is -0.383 e. The average Bonchev–Trinajstić information content (AvgIpc) is 2.71. The third-order valence-electron chi connectivity index (χ3n) is 2.48. The summed E-state index contributed by atoms with van der Waals surface area (Å²) in [5, 5.41) is 4.10. The molecule has 0 unspecified atom stereocenters. The first kappa shape index (κ1) is 12.0. The molecule has 5 nitrogen and oxygen atoms in total. The molecule has 2 aromatic heterocycles. The summed E-state index contributed by atoms with van der Waals surface area (Å²) in [6, 6.07) is 1.87. The van der Waals surface area contributed by atoms with Crippen molar-refractivity contribution in [3.63, 3.8) is 0 Å². The van der Waals surface area contributed by atoms with Gasteiger partial charge in [0.1, 0.15) is 11.5 Å². The lowest BCUT2D eigenvalue weighted by Crippen LogP contribution is -2.05. The molecule has 17 heavy (non-hydrogen) atoms. The van der Waals surface area contributed by atoms with E-state index in [2.05, 4.69) is 37.9 Å². The molecule has 6 heteroatoms. The summed E-state index contributed by atoms with van der Waals surface area (Å²) in [6.07, 6.45) is 3.61. The predicted octanol–water partition coefficient (Wildman–Crippen LogP) is 2.17. The molecule has 0 aliphatic heterocycles. The molecule has 0 saturated carbocycles. The van der Waals surface area contributed by atoms with Crippen LogP contribution in [0.5, 0.6) is 0 Å². The maximum absolute atomic E-state index is 5.88. The van der Waals surface area contributed by atoms with E-state index < -0.39 is 0 Å². The molecule has 0 bridgehead atoms. The van der Waals surface area contributed by atoms with E-state index in [4.69, 9.17) is 5.73 Å². The summed E-state index contributed by atoms with van der Waals surface area (Å²) in [4.78, 5) is 8.81. The molecule has 0 aliphatic rings. The monoisotopic (exact) mass is 295 g/mol. The molecule has 90 valence electrons. The van der Waals surface area contributed by atoms with Gasteiger partial charge < -0.3 is 5.73 Å². The summed E-state index contributed by atoms with van der Waals surface area (Å²) in [5.74, 6) is 1.09. The fourth-order valence-corrected chi connectivity index (χ4v) is 2.00. The van der Waals surface area contributed by atoms with Crippen LogP contribution in [0.4, 0.5) is 5.82 Å². The number of aromatic nitrogens is 4. The van der Waals surface area contributed by atoms with Crippen LogP contribution in [-0.4, -0.2) is 19.7 Å². The van der Waals surface area contributed by atoms with E-state index in [-0.39, 0.29) is 0 Å². The highest BCUT2D eigenvalue weighted by atomic mass is 79.9. The van der Waals surface area contributed by atoms with Gasteiger partial charge in [0.05, 0.1) is 10.2 Å². The minimum absolute atomic E-state index is 0.472. The molecule has 0 spiro atoms. The first-order valence-corrected chi connectivity index (χ1v) is 6.23. The summed E-state index contributed by atoms with van der Waals surface area (Å²) in [7, 11) is 1.86. The molecule has 0 amide bonds. The van der Waals surface area contributed by atoms with Crippen LogP contribution in [-0.2, 0) is 13.5 Å². The molecule has 2 heterocycles. The normalized spacial score (nSPS) is 10.8. The third-order valence-corrected chi connectivity index (χ3v) is 3.35. The average molecular weight is 296 g/mol. The van der Waals surface area contributed by atoms with Gasteiger partial charge in [-0.2, -0.15) is 5.10 Å². The van der Waals surface area contributed by atoms with Gasteiger partial charge in [-0.1, -0.05) is 13.3 Å². The zero-order chi connectivity index (χ0) is 12.4. The summed E-state index contributed by atoms with van der Waals surface area (Å²) >= 11 is 3.42. The van der Waals surface area contributed by atoms with Gasteiger partial charge in [0.25, 0.3) is 0 Å². The summed E-state index contributed by atoms with van der Waals surface area (Å²) in [5.41, 5.74) is 7.68. The van der Waals surface area contributed by atoms with Crippen LogP contribution in [0, 0.1) is 0 Å². The van der Waals surface area contributed by atoms with Crippen LogP contribution in [0.3, 0.4) is 0 Å². The standard InChI is InChI=1S/C11H14BrN5/c1-3-4-7-9(12)10(13)16-11(15-7)8-5-6-14-17(8)2/h5-6H,3-4H2,1-2H3,(H2,13,15,16). The Bertz CT molecular complexity index is 535. The fraction of sp³-hybridized carbons (Fsp3) is 0.364. The van der Waals surface area contributed by atoms with Gasteiger partial charge in [0.15, 0.2) is 5.82 Å². The Hall–Kier alpha value is -1.43. The number of nitrogens with two attached hydrogens (primary N) is 1. The maximum Gasteiger partial charge on any atom is 0.180 e. The Morgan fingerprint density at radius 2 is 2.18 bits per heavy atom. The van der Waals surface area contributed by atoms with Crippen LogP contribution in [0.1, 0.15) is 19.0 Å². The van der Waals surface area contributed by atoms with Crippen molar-refractivity contribution in [3.8, 4) is 11.5 Å².